The highest BCUT2D eigenvalue weighted by molar-refractivity contribution is 6.39. The number of nitrogens with zero attached hydrogens (tertiary/aromatic N) is 2. The topological polar surface area (TPSA) is 71.4 Å². The first-order valence-electron chi connectivity index (χ1n) is 8.34. The molecule has 0 spiro atoms. The van der Waals surface area contributed by atoms with Crippen LogP contribution in [0.2, 0.25) is 0 Å². The van der Waals surface area contributed by atoms with Gasteiger partial charge in [-0.05, 0) is 42.5 Å². The first-order chi connectivity index (χ1) is 13.1. The molecule has 0 radical (unpaired) electrons. The molecule has 1 aromatic heterocycles. The number of carbonyl (C=O) groups is 3. The van der Waals surface area contributed by atoms with Gasteiger partial charge in [0.1, 0.15) is 5.57 Å². The number of urea groups is 1. The highest BCUT2D eigenvalue weighted by Gasteiger charge is 2.36. The third kappa shape index (κ3) is 3.04. The Balaban J connectivity index is 1.75. The standard InChI is InChI=1S/C21H15N3O3/c25-19-18(14-17-12-7-13-23(17)15-8-3-1-4-9-15)20(26)24(21(27)22-19)16-10-5-2-6-11-16/h1-14H,(H,22,25,27)/b18-14+. The highest BCUT2D eigenvalue weighted by Crippen LogP contribution is 2.22. The summed E-state index contributed by atoms with van der Waals surface area (Å²) < 4.78 is 1.86. The van der Waals surface area contributed by atoms with E-state index >= 15 is 0 Å². The summed E-state index contributed by atoms with van der Waals surface area (Å²) in [5.41, 5.74) is 1.85. The Morgan fingerprint density at radius 2 is 1.37 bits per heavy atom. The fourth-order valence-electron chi connectivity index (χ4n) is 2.95. The molecule has 3 aromatic rings. The van der Waals surface area contributed by atoms with E-state index in [4.69, 9.17) is 0 Å². The van der Waals surface area contributed by atoms with Crippen molar-refractivity contribution in [3.63, 3.8) is 0 Å². The zero-order valence-corrected chi connectivity index (χ0v) is 14.2. The van der Waals surface area contributed by atoms with Gasteiger partial charge in [-0.25, -0.2) is 9.69 Å². The minimum absolute atomic E-state index is 0.102. The number of hydrogen-bond donors (Lipinski definition) is 1. The number of aromatic nitrogens is 1. The van der Waals surface area contributed by atoms with Gasteiger partial charge in [0.05, 0.1) is 5.69 Å². The van der Waals surface area contributed by atoms with Crippen LogP contribution >= 0.6 is 0 Å². The average molecular weight is 357 g/mol. The lowest BCUT2D eigenvalue weighted by molar-refractivity contribution is -0.122. The Hall–Kier alpha value is -3.93. The fraction of sp³-hybridized carbons (Fsp3) is 0. The van der Waals surface area contributed by atoms with E-state index in [2.05, 4.69) is 5.32 Å². The SMILES string of the molecule is O=C1NC(=O)N(c2ccccc2)C(=O)/C1=C/c1cccn1-c1ccccc1. The van der Waals surface area contributed by atoms with E-state index in [1.807, 2.05) is 47.2 Å². The van der Waals surface area contributed by atoms with Crippen molar-refractivity contribution in [3.8, 4) is 5.69 Å². The minimum Gasteiger partial charge on any atom is -0.317 e. The van der Waals surface area contributed by atoms with Gasteiger partial charge in [-0.15, -0.1) is 0 Å². The number of carbonyl (C=O) groups excluding carboxylic acids is 3. The van der Waals surface area contributed by atoms with Crippen LogP contribution in [0.25, 0.3) is 11.8 Å². The first kappa shape index (κ1) is 16.5. The Morgan fingerprint density at radius 3 is 2.04 bits per heavy atom. The summed E-state index contributed by atoms with van der Waals surface area (Å²) in [6.45, 7) is 0. The predicted molar refractivity (Wildman–Crippen MR) is 101 cm³/mol. The molecule has 0 saturated carbocycles. The van der Waals surface area contributed by atoms with Gasteiger partial charge in [0.2, 0.25) is 0 Å². The van der Waals surface area contributed by atoms with Gasteiger partial charge in [0.25, 0.3) is 11.8 Å². The van der Waals surface area contributed by atoms with Crippen molar-refractivity contribution < 1.29 is 14.4 Å². The number of para-hydroxylation sites is 2. The number of hydrogen-bond acceptors (Lipinski definition) is 3. The van der Waals surface area contributed by atoms with Crippen molar-refractivity contribution in [2.24, 2.45) is 0 Å². The number of anilines is 1. The Kier molecular flexibility index (Phi) is 4.14. The van der Waals surface area contributed by atoms with E-state index in [-0.39, 0.29) is 5.57 Å². The Labute approximate surface area is 155 Å². The lowest BCUT2D eigenvalue weighted by atomic mass is 10.1. The summed E-state index contributed by atoms with van der Waals surface area (Å²) >= 11 is 0. The summed E-state index contributed by atoms with van der Waals surface area (Å²) in [6.07, 6.45) is 3.33. The smallest absolute Gasteiger partial charge is 0.317 e. The molecule has 1 N–H and O–H groups in total. The zero-order chi connectivity index (χ0) is 18.8. The molecule has 0 aliphatic carbocycles. The van der Waals surface area contributed by atoms with Gasteiger partial charge < -0.3 is 4.57 Å². The molecule has 1 saturated heterocycles. The summed E-state index contributed by atoms with van der Waals surface area (Å²) in [5.74, 6) is -1.37. The van der Waals surface area contributed by atoms with Crippen molar-refractivity contribution in [2.45, 2.75) is 0 Å². The first-order valence-corrected chi connectivity index (χ1v) is 8.34. The lowest BCUT2D eigenvalue weighted by Crippen LogP contribution is -2.54. The molecule has 4 rings (SSSR count). The summed E-state index contributed by atoms with van der Waals surface area (Å²) in [6, 6.07) is 20.9. The molecule has 132 valence electrons. The molecule has 2 heterocycles. The van der Waals surface area contributed by atoms with E-state index in [1.165, 1.54) is 6.08 Å². The third-order valence-corrected chi connectivity index (χ3v) is 4.22. The maximum atomic E-state index is 12.9. The predicted octanol–water partition coefficient (Wildman–Crippen LogP) is 3.14. The van der Waals surface area contributed by atoms with E-state index < -0.39 is 17.8 Å². The molecular weight excluding hydrogens is 342 g/mol. The zero-order valence-electron chi connectivity index (χ0n) is 14.2. The van der Waals surface area contributed by atoms with Crippen LogP contribution in [0.15, 0.2) is 84.6 Å². The second-order valence-electron chi connectivity index (χ2n) is 5.93. The van der Waals surface area contributed by atoms with E-state index in [9.17, 15) is 14.4 Å². The van der Waals surface area contributed by atoms with Crippen molar-refractivity contribution in [3.05, 3.63) is 90.3 Å². The monoisotopic (exact) mass is 357 g/mol. The molecule has 4 amide bonds. The minimum atomic E-state index is -0.758. The number of amides is 4. The summed E-state index contributed by atoms with van der Waals surface area (Å²) in [7, 11) is 0. The second kappa shape index (κ2) is 6.76. The van der Waals surface area contributed by atoms with E-state index in [0.717, 1.165) is 10.6 Å². The molecule has 6 nitrogen and oxygen atoms in total. The van der Waals surface area contributed by atoms with Crippen LogP contribution in [0.5, 0.6) is 0 Å². The van der Waals surface area contributed by atoms with Crippen LogP contribution in [0.3, 0.4) is 0 Å². The summed E-state index contributed by atoms with van der Waals surface area (Å²) in [4.78, 5) is 38.4. The van der Waals surface area contributed by atoms with Gasteiger partial charge in [0.15, 0.2) is 0 Å². The molecule has 1 aliphatic rings. The molecule has 6 heteroatoms. The number of nitrogens with one attached hydrogen (secondary N) is 1. The Morgan fingerprint density at radius 1 is 0.741 bits per heavy atom. The maximum Gasteiger partial charge on any atom is 0.335 e. The van der Waals surface area contributed by atoms with E-state index in [1.54, 1.807) is 36.4 Å². The van der Waals surface area contributed by atoms with Crippen LogP contribution in [0.4, 0.5) is 10.5 Å². The molecule has 0 unspecified atom stereocenters. The van der Waals surface area contributed by atoms with Gasteiger partial charge in [0, 0.05) is 17.6 Å². The molecule has 0 bridgehead atoms. The third-order valence-electron chi connectivity index (χ3n) is 4.22. The normalized spacial score (nSPS) is 15.9. The van der Waals surface area contributed by atoms with Crippen LogP contribution in [0, 0.1) is 0 Å². The molecule has 1 fully saturated rings. The van der Waals surface area contributed by atoms with Crippen LogP contribution in [-0.2, 0) is 9.59 Å². The van der Waals surface area contributed by atoms with Gasteiger partial charge >= 0.3 is 6.03 Å². The molecule has 27 heavy (non-hydrogen) atoms. The number of imide groups is 2. The number of barbiturate groups is 1. The lowest BCUT2D eigenvalue weighted by Gasteiger charge is -2.26. The van der Waals surface area contributed by atoms with E-state index in [0.29, 0.717) is 11.4 Å². The van der Waals surface area contributed by atoms with Crippen molar-refractivity contribution in [2.75, 3.05) is 4.90 Å². The molecule has 0 atom stereocenters. The van der Waals surface area contributed by atoms with Crippen LogP contribution in [-0.4, -0.2) is 22.4 Å². The number of rotatable bonds is 3. The van der Waals surface area contributed by atoms with Crippen LogP contribution in [0.1, 0.15) is 5.69 Å². The number of benzene rings is 2. The molecule has 2 aromatic carbocycles. The quantitative estimate of drug-likeness (QED) is 0.578. The summed E-state index contributed by atoms with van der Waals surface area (Å²) in [5, 5.41) is 2.23. The Bertz CT molecular complexity index is 1050. The van der Waals surface area contributed by atoms with Gasteiger partial charge in [-0.1, -0.05) is 36.4 Å². The van der Waals surface area contributed by atoms with Crippen molar-refractivity contribution in [1.82, 2.24) is 9.88 Å². The van der Waals surface area contributed by atoms with Crippen LogP contribution < -0.4 is 10.2 Å². The molecular formula is C21H15N3O3. The average Bonchev–Trinajstić information content (AvgIpc) is 3.15. The second-order valence-corrected chi connectivity index (χ2v) is 5.93. The highest BCUT2D eigenvalue weighted by atomic mass is 16.2. The van der Waals surface area contributed by atoms with Crippen molar-refractivity contribution in [1.29, 1.82) is 0 Å². The fourth-order valence-corrected chi connectivity index (χ4v) is 2.95. The van der Waals surface area contributed by atoms with Gasteiger partial charge in [-0.3, -0.25) is 14.9 Å². The molecule has 1 aliphatic heterocycles. The van der Waals surface area contributed by atoms with Gasteiger partial charge in [-0.2, -0.15) is 0 Å². The van der Waals surface area contributed by atoms with Crippen molar-refractivity contribution >= 4 is 29.6 Å². The largest absolute Gasteiger partial charge is 0.335 e. The maximum absolute atomic E-state index is 12.9.